The van der Waals surface area contributed by atoms with Crippen molar-refractivity contribution < 1.29 is 19.8 Å². The largest absolute Gasteiger partial charge is 0.480 e. The van der Waals surface area contributed by atoms with Crippen LogP contribution in [-0.2, 0) is 9.59 Å². The number of aromatic nitrogens is 3. The summed E-state index contributed by atoms with van der Waals surface area (Å²) in [6.45, 7) is 0. The third kappa shape index (κ3) is 1.95. The number of hydrogen-bond donors (Lipinski definition) is 2. The first-order chi connectivity index (χ1) is 6.13. The van der Waals surface area contributed by atoms with Crippen LogP contribution in [0.1, 0.15) is 11.7 Å². The van der Waals surface area contributed by atoms with Gasteiger partial charge in [-0.1, -0.05) is 0 Å². The summed E-state index contributed by atoms with van der Waals surface area (Å²) >= 11 is 0. The molecule has 0 aliphatic carbocycles. The minimum atomic E-state index is -1.73. The molecule has 0 spiro atoms. The highest BCUT2D eigenvalue weighted by Gasteiger charge is 2.30. The second-order valence-corrected chi connectivity index (χ2v) is 2.11. The van der Waals surface area contributed by atoms with Crippen LogP contribution in [0.5, 0.6) is 0 Å². The lowest BCUT2D eigenvalue weighted by Crippen LogP contribution is -2.23. The molecule has 2 N–H and O–H groups in total. The van der Waals surface area contributed by atoms with Crippen molar-refractivity contribution in [3.8, 4) is 0 Å². The third-order valence-corrected chi connectivity index (χ3v) is 1.27. The predicted molar refractivity (Wildman–Crippen MR) is 37.8 cm³/mol. The zero-order chi connectivity index (χ0) is 9.84. The highest BCUT2D eigenvalue weighted by atomic mass is 16.4. The summed E-state index contributed by atoms with van der Waals surface area (Å²) in [7, 11) is 0. The van der Waals surface area contributed by atoms with E-state index in [-0.39, 0.29) is 5.82 Å². The van der Waals surface area contributed by atoms with Crippen LogP contribution in [0.2, 0.25) is 0 Å². The summed E-state index contributed by atoms with van der Waals surface area (Å²) in [4.78, 5) is 31.2. The van der Waals surface area contributed by atoms with Gasteiger partial charge in [0.2, 0.25) is 5.92 Å². The van der Waals surface area contributed by atoms with Gasteiger partial charge in [0.25, 0.3) is 0 Å². The average Bonchev–Trinajstić information content (AvgIpc) is 2.04. The van der Waals surface area contributed by atoms with Crippen LogP contribution < -0.4 is 0 Å². The van der Waals surface area contributed by atoms with E-state index in [1.807, 2.05) is 0 Å². The molecule has 7 nitrogen and oxygen atoms in total. The molecule has 7 heteroatoms. The summed E-state index contributed by atoms with van der Waals surface area (Å²) < 4.78 is 0. The summed E-state index contributed by atoms with van der Waals surface area (Å²) in [5.41, 5.74) is 0. The molecule has 0 saturated carbocycles. The molecule has 13 heavy (non-hydrogen) atoms. The lowest BCUT2D eigenvalue weighted by Gasteiger charge is -2.03. The van der Waals surface area contributed by atoms with E-state index >= 15 is 0 Å². The lowest BCUT2D eigenvalue weighted by atomic mass is 10.1. The molecule has 68 valence electrons. The van der Waals surface area contributed by atoms with E-state index in [9.17, 15) is 9.59 Å². The Morgan fingerprint density at radius 2 is 1.62 bits per heavy atom. The van der Waals surface area contributed by atoms with Crippen molar-refractivity contribution in [2.45, 2.75) is 5.92 Å². The fraction of sp³-hybridized carbons (Fsp3) is 0.167. The van der Waals surface area contributed by atoms with Gasteiger partial charge in [-0.15, -0.1) is 0 Å². The van der Waals surface area contributed by atoms with Crippen molar-refractivity contribution in [3.63, 3.8) is 0 Å². The van der Waals surface area contributed by atoms with Crippen LogP contribution in [-0.4, -0.2) is 37.1 Å². The Hall–Kier alpha value is -2.05. The van der Waals surface area contributed by atoms with Crippen LogP contribution in [0.25, 0.3) is 0 Å². The van der Waals surface area contributed by atoms with Gasteiger partial charge in [0, 0.05) is 0 Å². The molecule has 0 radical (unpaired) electrons. The van der Waals surface area contributed by atoms with E-state index in [0.717, 1.165) is 12.7 Å². The Morgan fingerprint density at radius 3 is 2.00 bits per heavy atom. The number of nitrogens with zero attached hydrogens (tertiary/aromatic N) is 3. The number of rotatable bonds is 3. The zero-order valence-corrected chi connectivity index (χ0v) is 6.28. The van der Waals surface area contributed by atoms with Crippen molar-refractivity contribution in [2.24, 2.45) is 0 Å². The molecular weight excluding hydrogens is 178 g/mol. The molecule has 0 aliphatic rings. The number of aliphatic carboxylic acids is 2. The van der Waals surface area contributed by atoms with Gasteiger partial charge in [-0.2, -0.15) is 0 Å². The van der Waals surface area contributed by atoms with E-state index in [4.69, 9.17) is 10.2 Å². The Morgan fingerprint density at radius 1 is 1.15 bits per heavy atom. The number of carboxylic acids is 2. The Bertz CT molecular complexity index is 312. The van der Waals surface area contributed by atoms with Crippen molar-refractivity contribution in [2.75, 3.05) is 0 Å². The number of carboxylic acid groups (broad SMARTS) is 2. The first-order valence-electron chi connectivity index (χ1n) is 3.20. The molecule has 1 aromatic heterocycles. The van der Waals surface area contributed by atoms with Gasteiger partial charge in [-0.3, -0.25) is 9.59 Å². The molecule has 0 atom stereocenters. The maximum atomic E-state index is 10.5. The quantitative estimate of drug-likeness (QED) is 0.585. The van der Waals surface area contributed by atoms with E-state index < -0.39 is 17.9 Å². The SMILES string of the molecule is O=C(O)C(C(=O)O)c1ncncn1. The summed E-state index contributed by atoms with van der Waals surface area (Å²) in [6.07, 6.45) is 2.09. The number of carbonyl (C=O) groups is 2. The van der Waals surface area contributed by atoms with Gasteiger partial charge in [-0.05, 0) is 0 Å². The van der Waals surface area contributed by atoms with Gasteiger partial charge in [0.05, 0.1) is 0 Å². The van der Waals surface area contributed by atoms with E-state index in [1.165, 1.54) is 0 Å². The fourth-order valence-electron chi connectivity index (χ4n) is 0.724. The average molecular weight is 183 g/mol. The molecular formula is C6H5N3O4. The molecule has 0 aromatic carbocycles. The molecule has 1 rings (SSSR count). The molecule has 0 bridgehead atoms. The smallest absolute Gasteiger partial charge is 0.325 e. The van der Waals surface area contributed by atoms with Gasteiger partial charge in [0.1, 0.15) is 12.7 Å². The second-order valence-electron chi connectivity index (χ2n) is 2.11. The highest BCUT2D eigenvalue weighted by molar-refractivity contribution is 5.98. The van der Waals surface area contributed by atoms with Gasteiger partial charge in [-0.25, -0.2) is 15.0 Å². The van der Waals surface area contributed by atoms with Crippen molar-refractivity contribution in [1.29, 1.82) is 0 Å². The second kappa shape index (κ2) is 3.57. The topological polar surface area (TPSA) is 113 Å². The van der Waals surface area contributed by atoms with Crippen LogP contribution in [0.4, 0.5) is 0 Å². The van der Waals surface area contributed by atoms with Crippen LogP contribution in [0, 0.1) is 0 Å². The third-order valence-electron chi connectivity index (χ3n) is 1.27. The van der Waals surface area contributed by atoms with Crippen LogP contribution >= 0.6 is 0 Å². The van der Waals surface area contributed by atoms with E-state index in [2.05, 4.69) is 15.0 Å². The van der Waals surface area contributed by atoms with Gasteiger partial charge < -0.3 is 10.2 Å². The molecule has 0 saturated heterocycles. The molecule has 1 heterocycles. The number of hydrogen-bond acceptors (Lipinski definition) is 5. The first kappa shape index (κ1) is 9.04. The summed E-state index contributed by atoms with van der Waals surface area (Å²) in [5.74, 6) is -5.02. The Labute approximate surface area is 72.1 Å². The minimum absolute atomic E-state index is 0.282. The van der Waals surface area contributed by atoms with Crippen molar-refractivity contribution in [3.05, 3.63) is 18.5 Å². The zero-order valence-electron chi connectivity index (χ0n) is 6.28. The van der Waals surface area contributed by atoms with Crippen molar-refractivity contribution >= 4 is 11.9 Å². The lowest BCUT2D eigenvalue weighted by molar-refractivity contribution is -0.150. The Kier molecular flexibility index (Phi) is 2.48. The molecule has 0 aliphatic heterocycles. The molecule has 0 amide bonds. The van der Waals surface area contributed by atoms with Crippen LogP contribution in [0.15, 0.2) is 12.7 Å². The molecule has 0 fully saturated rings. The van der Waals surface area contributed by atoms with Gasteiger partial charge >= 0.3 is 11.9 Å². The normalized spacial score (nSPS) is 9.92. The monoisotopic (exact) mass is 183 g/mol. The van der Waals surface area contributed by atoms with E-state index in [0.29, 0.717) is 0 Å². The first-order valence-corrected chi connectivity index (χ1v) is 3.20. The summed E-state index contributed by atoms with van der Waals surface area (Å²) in [6, 6.07) is 0. The molecule has 1 aromatic rings. The highest BCUT2D eigenvalue weighted by Crippen LogP contribution is 2.09. The minimum Gasteiger partial charge on any atom is -0.480 e. The van der Waals surface area contributed by atoms with Gasteiger partial charge in [0.15, 0.2) is 5.82 Å². The maximum Gasteiger partial charge on any atom is 0.325 e. The standard InChI is InChI=1S/C6H5N3O4/c10-5(11)3(6(12)13)4-8-1-7-2-9-4/h1-3H,(H,10,11)(H,12,13). The maximum absolute atomic E-state index is 10.5. The fourth-order valence-corrected chi connectivity index (χ4v) is 0.724. The van der Waals surface area contributed by atoms with Crippen molar-refractivity contribution in [1.82, 2.24) is 15.0 Å². The summed E-state index contributed by atoms with van der Waals surface area (Å²) in [5, 5.41) is 17.0. The Balaban J connectivity index is 3.03. The molecule has 0 unspecified atom stereocenters. The predicted octanol–water partition coefficient (Wildman–Crippen LogP) is -0.876. The van der Waals surface area contributed by atoms with E-state index in [1.54, 1.807) is 0 Å². The van der Waals surface area contributed by atoms with Crippen LogP contribution in [0.3, 0.4) is 0 Å².